The van der Waals surface area contributed by atoms with Gasteiger partial charge >= 0.3 is 0 Å². The Labute approximate surface area is 158 Å². The molecule has 27 heavy (non-hydrogen) atoms. The van der Waals surface area contributed by atoms with Gasteiger partial charge in [-0.05, 0) is 37.6 Å². The van der Waals surface area contributed by atoms with Crippen LogP contribution in [0.5, 0.6) is 5.75 Å². The topological polar surface area (TPSA) is 81.6 Å². The first-order valence-corrected chi connectivity index (χ1v) is 8.66. The number of nitrogens with zero attached hydrogens (tertiary/aromatic N) is 2. The summed E-state index contributed by atoms with van der Waals surface area (Å²) >= 11 is 0. The van der Waals surface area contributed by atoms with Crippen LogP contribution in [-0.2, 0) is 17.8 Å². The van der Waals surface area contributed by atoms with E-state index >= 15 is 0 Å². The van der Waals surface area contributed by atoms with Crippen molar-refractivity contribution in [2.45, 2.75) is 26.9 Å². The summed E-state index contributed by atoms with van der Waals surface area (Å²) in [6.45, 7) is 4.13. The zero-order valence-electron chi connectivity index (χ0n) is 15.5. The number of aromatic nitrogens is 2. The number of pyridine rings is 1. The van der Waals surface area contributed by atoms with Gasteiger partial charge in [-0.2, -0.15) is 0 Å². The Hall–Kier alpha value is -3.30. The molecule has 0 fully saturated rings. The molecular weight excluding hydrogens is 340 g/mol. The first kappa shape index (κ1) is 18.5. The van der Waals surface area contributed by atoms with E-state index in [0.29, 0.717) is 24.5 Å². The standard InChI is InChI=1S/C21H22N4O2/c1-4-7-18-15(3)23-21-19(10-6-11-25(18)21)27-13-16-14(2)8-5-9-17(16)24-20(26)12-22/h1,5-6,8-11H,7,12-13,22H2,2-3H3,(H,24,26). The van der Waals surface area contributed by atoms with E-state index in [1.165, 1.54) is 0 Å². The van der Waals surface area contributed by atoms with E-state index in [1.807, 2.05) is 54.8 Å². The minimum atomic E-state index is -0.244. The number of nitrogens with one attached hydrogen (secondary N) is 1. The fraction of sp³-hybridized carbons (Fsp3) is 0.238. The number of ether oxygens (including phenoxy) is 1. The highest BCUT2D eigenvalue weighted by Crippen LogP contribution is 2.26. The van der Waals surface area contributed by atoms with Gasteiger partial charge in [-0.3, -0.25) is 9.20 Å². The number of rotatable bonds is 6. The van der Waals surface area contributed by atoms with E-state index in [4.69, 9.17) is 16.9 Å². The minimum absolute atomic E-state index is 0.0706. The molecule has 0 saturated heterocycles. The molecule has 1 amide bonds. The number of carbonyl (C=O) groups is 1. The molecule has 3 N–H and O–H groups in total. The number of amides is 1. The van der Waals surface area contributed by atoms with Crippen LogP contribution in [0, 0.1) is 26.2 Å². The fourth-order valence-corrected chi connectivity index (χ4v) is 2.99. The number of fused-ring (bicyclic) bond motifs is 1. The number of imidazole rings is 1. The lowest BCUT2D eigenvalue weighted by Crippen LogP contribution is -2.23. The molecule has 0 bridgehead atoms. The number of terminal acetylenes is 1. The Morgan fingerprint density at radius 2 is 2.15 bits per heavy atom. The second-order valence-electron chi connectivity index (χ2n) is 6.23. The van der Waals surface area contributed by atoms with Crippen molar-refractivity contribution in [1.29, 1.82) is 0 Å². The summed E-state index contributed by atoms with van der Waals surface area (Å²) in [6.07, 6.45) is 7.90. The van der Waals surface area contributed by atoms with Crippen molar-refractivity contribution in [3.63, 3.8) is 0 Å². The third-order valence-electron chi connectivity index (χ3n) is 4.42. The molecule has 3 aromatic rings. The molecule has 0 aliphatic rings. The zero-order valence-corrected chi connectivity index (χ0v) is 15.5. The number of nitrogens with two attached hydrogens (primary N) is 1. The van der Waals surface area contributed by atoms with E-state index in [2.05, 4.69) is 16.2 Å². The van der Waals surface area contributed by atoms with Crippen molar-refractivity contribution in [3.8, 4) is 18.1 Å². The molecular formula is C21H22N4O2. The van der Waals surface area contributed by atoms with Gasteiger partial charge < -0.3 is 15.8 Å². The predicted octanol–water partition coefficient (Wildman–Crippen LogP) is 2.60. The van der Waals surface area contributed by atoms with Gasteiger partial charge in [-0.25, -0.2) is 4.98 Å². The van der Waals surface area contributed by atoms with Crippen molar-refractivity contribution in [1.82, 2.24) is 9.38 Å². The van der Waals surface area contributed by atoms with Gasteiger partial charge in [0.15, 0.2) is 11.4 Å². The molecule has 0 aliphatic heterocycles. The highest BCUT2D eigenvalue weighted by atomic mass is 16.5. The summed E-state index contributed by atoms with van der Waals surface area (Å²) < 4.78 is 8.03. The average molecular weight is 362 g/mol. The van der Waals surface area contributed by atoms with Crippen LogP contribution in [0.3, 0.4) is 0 Å². The van der Waals surface area contributed by atoms with Crippen molar-refractivity contribution < 1.29 is 9.53 Å². The number of carbonyl (C=O) groups excluding carboxylic acids is 1. The van der Waals surface area contributed by atoms with Gasteiger partial charge in [0.25, 0.3) is 0 Å². The van der Waals surface area contributed by atoms with Crippen molar-refractivity contribution in [3.05, 3.63) is 59.0 Å². The molecule has 2 aromatic heterocycles. The number of hydrogen-bond donors (Lipinski definition) is 2. The van der Waals surface area contributed by atoms with Crippen LogP contribution < -0.4 is 15.8 Å². The molecule has 0 aliphatic carbocycles. The molecule has 0 unspecified atom stereocenters. The van der Waals surface area contributed by atoms with Crippen molar-refractivity contribution in [2.24, 2.45) is 5.73 Å². The Balaban J connectivity index is 1.91. The Morgan fingerprint density at radius 3 is 2.89 bits per heavy atom. The smallest absolute Gasteiger partial charge is 0.238 e. The van der Waals surface area contributed by atoms with Gasteiger partial charge in [-0.15, -0.1) is 12.3 Å². The largest absolute Gasteiger partial charge is 0.485 e. The summed E-state index contributed by atoms with van der Waals surface area (Å²) in [6, 6.07) is 9.47. The average Bonchev–Trinajstić information content (AvgIpc) is 2.98. The maximum absolute atomic E-state index is 11.7. The minimum Gasteiger partial charge on any atom is -0.485 e. The Bertz CT molecular complexity index is 1030. The molecule has 0 radical (unpaired) electrons. The molecule has 138 valence electrons. The van der Waals surface area contributed by atoms with E-state index in [0.717, 1.165) is 28.2 Å². The van der Waals surface area contributed by atoms with Crippen LogP contribution in [0.15, 0.2) is 36.5 Å². The lowest BCUT2D eigenvalue weighted by Gasteiger charge is -2.15. The molecule has 0 atom stereocenters. The number of anilines is 1. The maximum atomic E-state index is 11.7. The SMILES string of the molecule is C#CCc1c(C)nc2c(OCc3c(C)cccc3NC(=O)CN)cccn12. The molecule has 2 heterocycles. The van der Waals surface area contributed by atoms with Crippen LogP contribution >= 0.6 is 0 Å². The first-order chi connectivity index (χ1) is 13.0. The predicted molar refractivity (Wildman–Crippen MR) is 106 cm³/mol. The first-order valence-electron chi connectivity index (χ1n) is 8.66. The number of benzene rings is 1. The molecule has 3 rings (SSSR count). The lowest BCUT2D eigenvalue weighted by atomic mass is 10.1. The summed E-state index contributed by atoms with van der Waals surface area (Å²) in [4.78, 5) is 16.3. The number of hydrogen-bond acceptors (Lipinski definition) is 4. The maximum Gasteiger partial charge on any atom is 0.238 e. The quantitative estimate of drug-likeness (QED) is 0.661. The highest BCUT2D eigenvalue weighted by Gasteiger charge is 2.14. The summed E-state index contributed by atoms with van der Waals surface area (Å²) in [5.74, 6) is 3.08. The normalized spacial score (nSPS) is 10.6. The monoisotopic (exact) mass is 362 g/mol. The van der Waals surface area contributed by atoms with Gasteiger partial charge in [0.2, 0.25) is 5.91 Å². The lowest BCUT2D eigenvalue weighted by molar-refractivity contribution is -0.114. The van der Waals surface area contributed by atoms with E-state index in [1.54, 1.807) is 0 Å². The third-order valence-corrected chi connectivity index (χ3v) is 4.42. The molecule has 0 spiro atoms. The van der Waals surface area contributed by atoms with Crippen LogP contribution in [0.1, 0.15) is 22.5 Å². The van der Waals surface area contributed by atoms with E-state index < -0.39 is 0 Å². The highest BCUT2D eigenvalue weighted by molar-refractivity contribution is 5.93. The molecule has 1 aromatic carbocycles. The van der Waals surface area contributed by atoms with E-state index in [9.17, 15) is 4.79 Å². The van der Waals surface area contributed by atoms with Crippen LogP contribution in [0.25, 0.3) is 5.65 Å². The summed E-state index contributed by atoms with van der Waals surface area (Å²) in [5, 5.41) is 2.82. The van der Waals surface area contributed by atoms with Gasteiger partial charge in [-0.1, -0.05) is 12.1 Å². The van der Waals surface area contributed by atoms with Gasteiger partial charge in [0.1, 0.15) is 6.61 Å². The third kappa shape index (κ3) is 3.78. The zero-order chi connectivity index (χ0) is 19.4. The molecule has 0 saturated carbocycles. The second kappa shape index (κ2) is 7.94. The van der Waals surface area contributed by atoms with Crippen LogP contribution in [-0.4, -0.2) is 21.8 Å². The molecule has 6 heteroatoms. The van der Waals surface area contributed by atoms with Gasteiger partial charge in [0.05, 0.1) is 24.4 Å². The Kier molecular flexibility index (Phi) is 5.43. The molecule has 6 nitrogen and oxygen atoms in total. The van der Waals surface area contributed by atoms with Gasteiger partial charge in [0, 0.05) is 17.4 Å². The van der Waals surface area contributed by atoms with E-state index in [-0.39, 0.29) is 12.5 Å². The van der Waals surface area contributed by atoms with Crippen molar-refractivity contribution in [2.75, 3.05) is 11.9 Å². The summed E-state index contributed by atoms with van der Waals surface area (Å²) in [5.41, 5.74) is 10.6. The Morgan fingerprint density at radius 1 is 1.33 bits per heavy atom. The van der Waals surface area contributed by atoms with Crippen molar-refractivity contribution >= 4 is 17.2 Å². The fourth-order valence-electron chi connectivity index (χ4n) is 2.99. The van der Waals surface area contributed by atoms with Crippen LogP contribution in [0.4, 0.5) is 5.69 Å². The summed E-state index contributed by atoms with van der Waals surface area (Å²) in [7, 11) is 0. The van der Waals surface area contributed by atoms with Crippen LogP contribution in [0.2, 0.25) is 0 Å². The second-order valence-corrected chi connectivity index (χ2v) is 6.23. The number of aryl methyl sites for hydroxylation is 2.